The fourth-order valence-electron chi connectivity index (χ4n) is 2.92. The Balaban J connectivity index is 0.00000144. The zero-order valence-electron chi connectivity index (χ0n) is 13.4. The molecule has 1 unspecified atom stereocenters. The van der Waals surface area contributed by atoms with Gasteiger partial charge in [0.25, 0.3) is 0 Å². The lowest BCUT2D eigenvalue weighted by Gasteiger charge is -2.35. The van der Waals surface area contributed by atoms with E-state index in [1.165, 1.54) is 12.1 Å². The van der Waals surface area contributed by atoms with Gasteiger partial charge in [0.1, 0.15) is 11.9 Å². The second-order valence-electron chi connectivity index (χ2n) is 5.78. The van der Waals surface area contributed by atoms with Crippen LogP contribution in [0.4, 0.5) is 4.39 Å². The topological polar surface area (TPSA) is 44.8 Å². The van der Waals surface area contributed by atoms with Crippen LogP contribution in [-0.2, 0) is 9.53 Å². The smallest absolute Gasteiger partial charge is 0.236 e. The van der Waals surface area contributed by atoms with E-state index in [1.807, 2.05) is 4.90 Å². The highest BCUT2D eigenvalue weighted by Crippen LogP contribution is 2.22. The summed E-state index contributed by atoms with van der Waals surface area (Å²) >= 11 is 0. The summed E-state index contributed by atoms with van der Waals surface area (Å²) in [4.78, 5) is 16.5. The van der Waals surface area contributed by atoms with Crippen molar-refractivity contribution in [3.63, 3.8) is 0 Å². The Morgan fingerprint density at radius 3 is 2.50 bits per heavy atom. The maximum absolute atomic E-state index is 13.0. The molecule has 1 atom stereocenters. The number of nitrogens with one attached hydrogen (secondary N) is 1. The van der Waals surface area contributed by atoms with Crippen molar-refractivity contribution >= 4 is 30.7 Å². The Hall–Kier alpha value is -0.920. The van der Waals surface area contributed by atoms with E-state index in [-0.39, 0.29) is 42.6 Å². The van der Waals surface area contributed by atoms with Gasteiger partial charge in [0, 0.05) is 32.7 Å². The van der Waals surface area contributed by atoms with Crippen LogP contribution in [0.15, 0.2) is 24.3 Å². The van der Waals surface area contributed by atoms with Crippen LogP contribution in [0.2, 0.25) is 0 Å². The molecule has 8 heteroatoms. The molecule has 3 rings (SSSR count). The Labute approximate surface area is 154 Å². The summed E-state index contributed by atoms with van der Waals surface area (Å²) in [7, 11) is 0. The van der Waals surface area contributed by atoms with Crippen molar-refractivity contribution in [3.05, 3.63) is 35.6 Å². The van der Waals surface area contributed by atoms with E-state index in [0.717, 1.165) is 31.7 Å². The lowest BCUT2D eigenvalue weighted by Crippen LogP contribution is -2.50. The van der Waals surface area contributed by atoms with Crippen molar-refractivity contribution in [2.45, 2.75) is 6.10 Å². The zero-order valence-corrected chi connectivity index (χ0v) is 15.1. The quantitative estimate of drug-likeness (QED) is 0.863. The highest BCUT2D eigenvalue weighted by atomic mass is 35.5. The molecule has 1 amide bonds. The van der Waals surface area contributed by atoms with Crippen molar-refractivity contribution in [3.8, 4) is 0 Å². The molecule has 2 heterocycles. The first-order valence-electron chi connectivity index (χ1n) is 7.80. The molecule has 1 N–H and O–H groups in total. The van der Waals surface area contributed by atoms with Crippen molar-refractivity contribution in [1.29, 1.82) is 0 Å². The zero-order chi connectivity index (χ0) is 15.4. The molecule has 24 heavy (non-hydrogen) atoms. The molecule has 5 nitrogen and oxygen atoms in total. The number of hydrogen-bond acceptors (Lipinski definition) is 4. The Morgan fingerprint density at radius 1 is 1.17 bits per heavy atom. The van der Waals surface area contributed by atoms with E-state index < -0.39 is 0 Å². The molecule has 136 valence electrons. The highest BCUT2D eigenvalue weighted by molar-refractivity contribution is 5.85. The predicted octanol–water partition coefficient (Wildman–Crippen LogP) is 1.47. The van der Waals surface area contributed by atoms with Gasteiger partial charge in [-0.1, -0.05) is 12.1 Å². The number of benzene rings is 1. The number of carbonyl (C=O) groups excluding carboxylic acids is 1. The van der Waals surface area contributed by atoms with Gasteiger partial charge in [-0.3, -0.25) is 9.69 Å². The van der Waals surface area contributed by atoms with Crippen LogP contribution >= 0.6 is 24.8 Å². The number of morpholine rings is 1. The first-order valence-corrected chi connectivity index (χ1v) is 7.80. The maximum Gasteiger partial charge on any atom is 0.236 e. The van der Waals surface area contributed by atoms with E-state index in [9.17, 15) is 9.18 Å². The number of ether oxygens (including phenoxy) is 1. The van der Waals surface area contributed by atoms with Crippen LogP contribution in [0.3, 0.4) is 0 Å². The monoisotopic (exact) mass is 379 g/mol. The average Bonchev–Trinajstić information content (AvgIpc) is 2.56. The number of piperazine rings is 1. The van der Waals surface area contributed by atoms with Crippen molar-refractivity contribution in [2.75, 3.05) is 52.4 Å². The molecule has 0 bridgehead atoms. The Bertz CT molecular complexity index is 513. The van der Waals surface area contributed by atoms with Gasteiger partial charge in [-0.2, -0.15) is 0 Å². The molecule has 1 aromatic carbocycles. The van der Waals surface area contributed by atoms with Gasteiger partial charge in [0.05, 0.1) is 19.7 Å². The molecular weight excluding hydrogens is 356 g/mol. The van der Waals surface area contributed by atoms with Gasteiger partial charge >= 0.3 is 0 Å². The third-order valence-corrected chi connectivity index (χ3v) is 4.23. The number of hydrogen-bond donors (Lipinski definition) is 1. The second-order valence-corrected chi connectivity index (χ2v) is 5.78. The van der Waals surface area contributed by atoms with Crippen LogP contribution in [0, 0.1) is 5.82 Å². The minimum Gasteiger partial charge on any atom is -0.370 e. The van der Waals surface area contributed by atoms with Gasteiger partial charge in [0.15, 0.2) is 0 Å². The molecular formula is C16H24Cl2FN3O2. The largest absolute Gasteiger partial charge is 0.370 e. The molecule has 0 saturated carbocycles. The molecule has 0 aliphatic carbocycles. The number of amides is 1. The molecule has 2 aliphatic heterocycles. The first kappa shape index (κ1) is 21.1. The molecule has 2 fully saturated rings. The first-order chi connectivity index (χ1) is 10.7. The van der Waals surface area contributed by atoms with Gasteiger partial charge in [-0.25, -0.2) is 4.39 Å². The third kappa shape index (κ3) is 5.57. The fraction of sp³-hybridized carbons (Fsp3) is 0.562. The van der Waals surface area contributed by atoms with Gasteiger partial charge in [-0.15, -0.1) is 24.8 Å². The summed E-state index contributed by atoms with van der Waals surface area (Å²) < 4.78 is 18.7. The number of halogens is 3. The van der Waals surface area contributed by atoms with Gasteiger partial charge in [-0.05, 0) is 17.7 Å². The predicted molar refractivity (Wildman–Crippen MR) is 95.5 cm³/mol. The van der Waals surface area contributed by atoms with E-state index in [0.29, 0.717) is 26.2 Å². The summed E-state index contributed by atoms with van der Waals surface area (Å²) in [6.45, 7) is 5.87. The lowest BCUT2D eigenvalue weighted by atomic mass is 10.1. The summed E-state index contributed by atoms with van der Waals surface area (Å²) in [5, 5.41) is 3.28. The third-order valence-electron chi connectivity index (χ3n) is 4.23. The second kappa shape index (κ2) is 10.2. The van der Waals surface area contributed by atoms with E-state index in [2.05, 4.69) is 10.2 Å². The molecule has 0 aromatic heterocycles. The number of rotatable bonds is 3. The van der Waals surface area contributed by atoms with Crippen LogP contribution < -0.4 is 5.32 Å². The fourth-order valence-corrected chi connectivity index (χ4v) is 2.92. The van der Waals surface area contributed by atoms with E-state index in [1.54, 1.807) is 12.1 Å². The van der Waals surface area contributed by atoms with Crippen molar-refractivity contribution < 1.29 is 13.9 Å². The van der Waals surface area contributed by atoms with Crippen LogP contribution in [0.5, 0.6) is 0 Å². The van der Waals surface area contributed by atoms with E-state index >= 15 is 0 Å². The number of carbonyl (C=O) groups is 1. The summed E-state index contributed by atoms with van der Waals surface area (Å²) in [6, 6.07) is 6.31. The highest BCUT2D eigenvalue weighted by Gasteiger charge is 2.26. The molecule has 2 aliphatic rings. The van der Waals surface area contributed by atoms with Crippen LogP contribution in [0.25, 0.3) is 0 Å². The summed E-state index contributed by atoms with van der Waals surface area (Å²) in [6.07, 6.45) is -0.165. The minimum absolute atomic E-state index is 0. The minimum atomic E-state index is -0.258. The van der Waals surface area contributed by atoms with Crippen LogP contribution in [-0.4, -0.2) is 68.1 Å². The average molecular weight is 380 g/mol. The normalized spacial score (nSPS) is 21.5. The van der Waals surface area contributed by atoms with Gasteiger partial charge < -0.3 is 15.0 Å². The number of nitrogens with zero attached hydrogens (tertiary/aromatic N) is 2. The Kier molecular flexibility index (Phi) is 8.94. The van der Waals surface area contributed by atoms with Crippen molar-refractivity contribution in [2.24, 2.45) is 0 Å². The molecule has 2 saturated heterocycles. The molecule has 1 aromatic rings. The van der Waals surface area contributed by atoms with Crippen LogP contribution in [0.1, 0.15) is 11.7 Å². The van der Waals surface area contributed by atoms with Crippen molar-refractivity contribution in [1.82, 2.24) is 15.1 Å². The lowest BCUT2D eigenvalue weighted by molar-refractivity contribution is -0.140. The summed E-state index contributed by atoms with van der Waals surface area (Å²) in [5.74, 6) is -0.108. The molecule has 0 radical (unpaired) electrons. The Morgan fingerprint density at radius 2 is 1.83 bits per heavy atom. The summed E-state index contributed by atoms with van der Waals surface area (Å²) in [5.41, 5.74) is 0.918. The molecule has 0 spiro atoms. The maximum atomic E-state index is 13.0. The van der Waals surface area contributed by atoms with E-state index in [4.69, 9.17) is 4.74 Å². The SMILES string of the molecule is Cl.Cl.O=C(CN1CCNCC1)N1CCOC(c2ccc(F)cc2)C1. The standard InChI is InChI=1S/C16H22FN3O2.2ClH/c17-14-3-1-13(2-4-14)15-11-20(9-10-22-15)16(21)12-19-7-5-18-6-8-19;;/h1-4,15,18H,5-12H2;2*1H. The van der Waals surface area contributed by atoms with Gasteiger partial charge in [0.2, 0.25) is 5.91 Å².